The number of benzene rings is 2. The standard InChI is InChI=1S/C23H20ClN3O5/c1-30-17-11-14(9-10-16(17)24)27-20(23(29)32-3)19(22(28)31-2)18(15(12-25)21(27)26)13-7-5-4-6-8-13/h4-11,18H,26H2,1-3H3. The molecule has 164 valence electrons. The van der Waals surface area contributed by atoms with Gasteiger partial charge in [0.15, 0.2) is 0 Å². The van der Waals surface area contributed by atoms with Crippen molar-refractivity contribution in [2.75, 3.05) is 26.2 Å². The summed E-state index contributed by atoms with van der Waals surface area (Å²) in [5.74, 6) is -2.30. The molecule has 9 heteroatoms. The molecule has 0 aromatic heterocycles. The fraction of sp³-hybridized carbons (Fsp3) is 0.174. The van der Waals surface area contributed by atoms with E-state index in [0.717, 1.165) is 0 Å². The molecule has 8 nitrogen and oxygen atoms in total. The summed E-state index contributed by atoms with van der Waals surface area (Å²) in [5, 5.41) is 10.3. The Morgan fingerprint density at radius 3 is 2.28 bits per heavy atom. The first-order valence-electron chi connectivity index (χ1n) is 9.38. The van der Waals surface area contributed by atoms with Crippen LogP contribution in [0, 0.1) is 11.3 Å². The normalized spacial score (nSPS) is 15.8. The third-order valence-electron chi connectivity index (χ3n) is 5.00. The minimum Gasteiger partial charge on any atom is -0.495 e. The summed E-state index contributed by atoms with van der Waals surface area (Å²) in [6, 6.07) is 15.5. The summed E-state index contributed by atoms with van der Waals surface area (Å²) >= 11 is 6.14. The van der Waals surface area contributed by atoms with E-state index in [1.165, 1.54) is 32.3 Å². The number of rotatable bonds is 5. The van der Waals surface area contributed by atoms with E-state index in [0.29, 0.717) is 22.0 Å². The van der Waals surface area contributed by atoms with Gasteiger partial charge in [0.1, 0.15) is 17.3 Å². The molecule has 0 aliphatic carbocycles. The van der Waals surface area contributed by atoms with Gasteiger partial charge in [-0.05, 0) is 17.7 Å². The summed E-state index contributed by atoms with van der Waals surface area (Å²) in [6.45, 7) is 0. The summed E-state index contributed by atoms with van der Waals surface area (Å²) < 4.78 is 15.2. The molecule has 3 rings (SSSR count). The predicted molar refractivity (Wildman–Crippen MR) is 118 cm³/mol. The number of carbonyl (C=O) groups excluding carboxylic acids is 2. The zero-order valence-corrected chi connectivity index (χ0v) is 18.3. The minimum absolute atomic E-state index is 0.0428. The van der Waals surface area contributed by atoms with Gasteiger partial charge in [0.25, 0.3) is 0 Å². The van der Waals surface area contributed by atoms with Crippen molar-refractivity contribution in [3.05, 3.63) is 81.8 Å². The van der Waals surface area contributed by atoms with E-state index in [2.05, 4.69) is 6.07 Å². The average molecular weight is 454 g/mol. The fourth-order valence-corrected chi connectivity index (χ4v) is 3.76. The van der Waals surface area contributed by atoms with Crippen LogP contribution in [0.5, 0.6) is 5.75 Å². The second-order valence-electron chi connectivity index (χ2n) is 6.65. The molecule has 2 aromatic carbocycles. The molecule has 2 aromatic rings. The SMILES string of the molecule is COC(=O)C1=C(C(=O)OC)N(c2ccc(Cl)c(OC)c2)C(N)=C(C#N)C1c1ccccc1. The molecule has 1 atom stereocenters. The molecular formula is C23H20ClN3O5. The van der Waals surface area contributed by atoms with Crippen LogP contribution in [0.4, 0.5) is 5.69 Å². The maximum Gasteiger partial charge on any atom is 0.355 e. The molecule has 1 heterocycles. The molecule has 0 amide bonds. The topological polar surface area (TPSA) is 115 Å². The van der Waals surface area contributed by atoms with Crippen LogP contribution in [0.3, 0.4) is 0 Å². The molecule has 0 fully saturated rings. The Balaban J connectivity index is 2.41. The molecule has 1 unspecified atom stereocenters. The van der Waals surface area contributed by atoms with Crippen LogP contribution in [0.15, 0.2) is 71.2 Å². The van der Waals surface area contributed by atoms with E-state index in [1.54, 1.807) is 42.5 Å². The highest BCUT2D eigenvalue weighted by Crippen LogP contribution is 2.44. The molecule has 2 N–H and O–H groups in total. The molecule has 1 aliphatic rings. The van der Waals surface area contributed by atoms with Crippen molar-refractivity contribution >= 4 is 29.2 Å². The van der Waals surface area contributed by atoms with Gasteiger partial charge in [0.2, 0.25) is 0 Å². The highest BCUT2D eigenvalue weighted by molar-refractivity contribution is 6.32. The van der Waals surface area contributed by atoms with Gasteiger partial charge in [-0.1, -0.05) is 41.9 Å². The Labute approximate surface area is 190 Å². The van der Waals surface area contributed by atoms with Gasteiger partial charge in [-0.25, -0.2) is 9.59 Å². The van der Waals surface area contributed by atoms with Crippen LogP contribution in [0.25, 0.3) is 0 Å². The van der Waals surface area contributed by atoms with Crippen molar-refractivity contribution in [1.82, 2.24) is 0 Å². The van der Waals surface area contributed by atoms with Crippen molar-refractivity contribution in [3.63, 3.8) is 0 Å². The maximum absolute atomic E-state index is 13.0. The summed E-state index contributed by atoms with van der Waals surface area (Å²) in [5.41, 5.74) is 7.17. The van der Waals surface area contributed by atoms with E-state index >= 15 is 0 Å². The van der Waals surface area contributed by atoms with E-state index in [9.17, 15) is 14.9 Å². The van der Waals surface area contributed by atoms with Gasteiger partial charge in [0.05, 0.1) is 55.2 Å². The lowest BCUT2D eigenvalue weighted by Crippen LogP contribution is -2.40. The van der Waals surface area contributed by atoms with Crippen LogP contribution in [-0.4, -0.2) is 33.3 Å². The molecule has 0 saturated carbocycles. The lowest BCUT2D eigenvalue weighted by molar-refractivity contribution is -0.139. The van der Waals surface area contributed by atoms with Gasteiger partial charge in [0, 0.05) is 6.07 Å². The Morgan fingerprint density at radius 2 is 1.72 bits per heavy atom. The van der Waals surface area contributed by atoms with Crippen LogP contribution in [0.1, 0.15) is 11.5 Å². The summed E-state index contributed by atoms with van der Waals surface area (Å²) in [7, 11) is 3.81. The number of carbonyl (C=O) groups is 2. The number of ether oxygens (including phenoxy) is 3. The van der Waals surface area contributed by atoms with E-state index in [1.807, 2.05) is 0 Å². The van der Waals surface area contributed by atoms with Crippen molar-refractivity contribution in [1.29, 1.82) is 5.26 Å². The lowest BCUT2D eigenvalue weighted by atomic mass is 9.81. The van der Waals surface area contributed by atoms with Gasteiger partial charge >= 0.3 is 11.9 Å². The second kappa shape index (κ2) is 9.45. The van der Waals surface area contributed by atoms with Crippen LogP contribution >= 0.6 is 11.6 Å². The molecular weight excluding hydrogens is 434 g/mol. The third-order valence-corrected chi connectivity index (χ3v) is 5.32. The van der Waals surface area contributed by atoms with Crippen molar-refractivity contribution in [2.45, 2.75) is 5.92 Å². The first-order chi connectivity index (χ1) is 15.4. The largest absolute Gasteiger partial charge is 0.495 e. The fourth-order valence-electron chi connectivity index (χ4n) is 3.57. The molecule has 32 heavy (non-hydrogen) atoms. The number of nitrogens with two attached hydrogens (primary N) is 1. The number of hydrogen-bond donors (Lipinski definition) is 1. The predicted octanol–water partition coefficient (Wildman–Crippen LogP) is 3.25. The monoisotopic (exact) mass is 453 g/mol. The number of anilines is 1. The molecule has 0 bridgehead atoms. The average Bonchev–Trinajstić information content (AvgIpc) is 2.83. The Morgan fingerprint density at radius 1 is 1.06 bits per heavy atom. The van der Waals surface area contributed by atoms with Crippen molar-refractivity contribution < 1.29 is 23.8 Å². The van der Waals surface area contributed by atoms with Crippen LogP contribution < -0.4 is 15.4 Å². The van der Waals surface area contributed by atoms with Crippen molar-refractivity contribution in [3.8, 4) is 11.8 Å². The molecule has 0 saturated heterocycles. The van der Waals surface area contributed by atoms with E-state index in [4.69, 9.17) is 31.5 Å². The number of allylic oxidation sites excluding steroid dienone is 1. The number of methoxy groups -OCH3 is 3. The smallest absolute Gasteiger partial charge is 0.355 e. The highest BCUT2D eigenvalue weighted by atomic mass is 35.5. The summed E-state index contributed by atoms with van der Waals surface area (Å²) in [6.07, 6.45) is 0. The summed E-state index contributed by atoms with van der Waals surface area (Å²) in [4.78, 5) is 27.2. The van der Waals surface area contributed by atoms with Crippen LogP contribution in [0.2, 0.25) is 5.02 Å². The molecule has 1 aliphatic heterocycles. The van der Waals surface area contributed by atoms with E-state index in [-0.39, 0.29) is 22.7 Å². The first-order valence-corrected chi connectivity index (χ1v) is 9.76. The zero-order valence-electron chi connectivity index (χ0n) is 17.6. The van der Waals surface area contributed by atoms with E-state index < -0.39 is 17.9 Å². The second-order valence-corrected chi connectivity index (χ2v) is 7.06. The Kier molecular flexibility index (Phi) is 6.71. The Hall–Kier alpha value is -3.96. The number of nitriles is 1. The quantitative estimate of drug-likeness (QED) is 0.686. The Bertz CT molecular complexity index is 1170. The number of halogens is 1. The van der Waals surface area contributed by atoms with Crippen LogP contribution in [-0.2, 0) is 19.1 Å². The molecule has 0 spiro atoms. The van der Waals surface area contributed by atoms with Gasteiger partial charge in [-0.2, -0.15) is 5.26 Å². The maximum atomic E-state index is 13.0. The third kappa shape index (κ3) is 3.86. The molecule has 0 radical (unpaired) electrons. The first kappa shape index (κ1) is 22.7. The highest BCUT2D eigenvalue weighted by Gasteiger charge is 2.43. The van der Waals surface area contributed by atoms with Crippen molar-refractivity contribution in [2.24, 2.45) is 5.73 Å². The van der Waals surface area contributed by atoms with Gasteiger partial charge < -0.3 is 19.9 Å². The number of nitrogens with zero attached hydrogens (tertiary/aromatic N) is 2. The zero-order chi connectivity index (χ0) is 23.4. The number of hydrogen-bond acceptors (Lipinski definition) is 8. The number of esters is 2. The minimum atomic E-state index is -0.937. The lowest BCUT2D eigenvalue weighted by Gasteiger charge is -2.36. The van der Waals surface area contributed by atoms with Gasteiger partial charge in [-0.3, -0.25) is 4.90 Å². The van der Waals surface area contributed by atoms with Gasteiger partial charge in [-0.15, -0.1) is 0 Å².